The molecule has 2 aromatic rings. The predicted octanol–water partition coefficient (Wildman–Crippen LogP) is 0.774. The average molecular weight is 364 g/mol. The Hall–Kier alpha value is -3.14. The Labute approximate surface area is 158 Å². The summed E-state index contributed by atoms with van der Waals surface area (Å²) in [6.07, 6.45) is 5.33. The Balaban J connectivity index is 1.65. The van der Waals surface area contributed by atoms with Gasteiger partial charge in [0, 0.05) is 11.1 Å². The third-order valence-corrected chi connectivity index (χ3v) is 4.37. The molecule has 138 valence electrons. The van der Waals surface area contributed by atoms with Gasteiger partial charge < -0.3 is 20.3 Å². The number of carbonyl (C=O) groups excluding carboxylic acids is 2. The van der Waals surface area contributed by atoms with Crippen LogP contribution in [-0.2, 0) is 9.53 Å². The molecule has 1 heterocycles. The van der Waals surface area contributed by atoms with Crippen LogP contribution in [0.3, 0.4) is 0 Å². The van der Waals surface area contributed by atoms with Gasteiger partial charge in [0.25, 0.3) is 11.8 Å². The minimum absolute atomic E-state index is 0.0908. The molecule has 0 spiro atoms. The van der Waals surface area contributed by atoms with Crippen LogP contribution in [-0.4, -0.2) is 44.7 Å². The molecule has 0 radical (unpaired) electrons. The van der Waals surface area contributed by atoms with E-state index in [4.69, 9.17) is 11.2 Å². The Morgan fingerprint density at radius 1 is 1.00 bits per heavy atom. The lowest BCUT2D eigenvalue weighted by Gasteiger charge is -2.23. The molecule has 3 rings (SSSR count). The van der Waals surface area contributed by atoms with Crippen molar-refractivity contribution in [1.29, 1.82) is 0 Å². The van der Waals surface area contributed by atoms with Crippen LogP contribution in [0.15, 0.2) is 48.5 Å². The second-order valence-corrected chi connectivity index (χ2v) is 6.31. The number of morpholine rings is 1. The Kier molecular flexibility index (Phi) is 6.21. The van der Waals surface area contributed by atoms with Crippen molar-refractivity contribution in [1.82, 2.24) is 0 Å². The quantitative estimate of drug-likeness (QED) is 0.687. The van der Waals surface area contributed by atoms with E-state index in [1.54, 1.807) is 42.5 Å². The fourth-order valence-electron chi connectivity index (χ4n) is 2.87. The number of hydrogen-bond acceptors (Lipinski definition) is 3. The van der Waals surface area contributed by atoms with Crippen LogP contribution < -0.4 is 15.5 Å². The summed E-state index contributed by atoms with van der Waals surface area (Å²) in [5, 5.41) is 5.73. The van der Waals surface area contributed by atoms with E-state index in [9.17, 15) is 9.59 Å². The maximum atomic E-state index is 12.5. The first-order valence-electron chi connectivity index (χ1n) is 8.84. The highest BCUT2D eigenvalue weighted by molar-refractivity contribution is 6.07. The normalized spacial score (nSPS) is 14.2. The highest BCUT2D eigenvalue weighted by Crippen LogP contribution is 2.21. The topological polar surface area (TPSA) is 71.9 Å². The van der Waals surface area contributed by atoms with Gasteiger partial charge in [-0.3, -0.25) is 9.59 Å². The second kappa shape index (κ2) is 8.99. The number of amides is 2. The lowest BCUT2D eigenvalue weighted by molar-refractivity contribution is -0.899. The van der Waals surface area contributed by atoms with Gasteiger partial charge in [0.2, 0.25) is 0 Å². The Bertz CT molecular complexity index is 850. The average Bonchev–Trinajstić information content (AvgIpc) is 2.70. The first-order valence-corrected chi connectivity index (χ1v) is 8.84. The summed E-state index contributed by atoms with van der Waals surface area (Å²) in [6, 6.07) is 13.9. The summed E-state index contributed by atoms with van der Waals surface area (Å²) in [5.41, 5.74) is 2.33. The number of para-hydroxylation sites is 2. The van der Waals surface area contributed by atoms with Crippen LogP contribution in [0.5, 0.6) is 0 Å². The van der Waals surface area contributed by atoms with Gasteiger partial charge in [0.1, 0.15) is 13.1 Å². The van der Waals surface area contributed by atoms with Gasteiger partial charge in [0.15, 0.2) is 6.54 Å². The van der Waals surface area contributed by atoms with Crippen molar-refractivity contribution in [3.8, 4) is 12.3 Å². The van der Waals surface area contributed by atoms with Gasteiger partial charge in [0.05, 0.1) is 24.6 Å². The van der Waals surface area contributed by atoms with Crippen molar-refractivity contribution < 1.29 is 19.2 Å². The van der Waals surface area contributed by atoms with E-state index in [-0.39, 0.29) is 11.8 Å². The summed E-state index contributed by atoms with van der Waals surface area (Å²) in [5.74, 6) is 2.16. The zero-order valence-corrected chi connectivity index (χ0v) is 15.0. The minimum Gasteiger partial charge on any atom is -0.370 e. The molecule has 0 saturated carbocycles. The van der Waals surface area contributed by atoms with Gasteiger partial charge in [-0.25, -0.2) is 0 Å². The fraction of sp³-hybridized carbons (Fsp3) is 0.238. The van der Waals surface area contributed by atoms with Crippen molar-refractivity contribution in [3.63, 3.8) is 0 Å². The number of benzene rings is 2. The number of rotatable bonds is 5. The number of carbonyl (C=O) groups is 2. The van der Waals surface area contributed by atoms with Crippen molar-refractivity contribution >= 4 is 23.2 Å². The Morgan fingerprint density at radius 2 is 1.63 bits per heavy atom. The van der Waals surface area contributed by atoms with E-state index in [0.29, 0.717) is 42.3 Å². The number of hydrogen-bond donors (Lipinski definition) is 3. The standard InChI is InChI=1S/C21H21N3O3/c1-2-16-7-9-17(10-8-16)21(26)23-19-6-4-3-5-18(19)22-20(25)15-24-11-13-27-14-12-24/h1,3-10H,11-15H2,(H,22,25)(H,23,26)/p+1. The van der Waals surface area contributed by atoms with E-state index in [1.165, 1.54) is 4.90 Å². The minimum atomic E-state index is -0.265. The van der Waals surface area contributed by atoms with E-state index in [1.807, 2.05) is 6.07 Å². The van der Waals surface area contributed by atoms with Crippen LogP contribution in [0, 0.1) is 12.3 Å². The zero-order valence-electron chi connectivity index (χ0n) is 15.0. The molecule has 1 saturated heterocycles. The van der Waals surface area contributed by atoms with Crippen LogP contribution in [0.1, 0.15) is 15.9 Å². The third-order valence-electron chi connectivity index (χ3n) is 4.37. The molecular formula is C21H22N3O3+. The molecule has 1 aliphatic rings. The SMILES string of the molecule is C#Cc1ccc(C(=O)Nc2ccccc2NC(=O)C[NH+]2CCOCC2)cc1. The van der Waals surface area contributed by atoms with E-state index in [2.05, 4.69) is 16.6 Å². The molecule has 0 unspecified atom stereocenters. The third kappa shape index (κ3) is 5.17. The van der Waals surface area contributed by atoms with Crippen LogP contribution in [0.25, 0.3) is 0 Å². The number of terminal acetylenes is 1. The number of anilines is 2. The monoisotopic (exact) mass is 364 g/mol. The molecule has 0 aromatic heterocycles. The van der Waals surface area contributed by atoms with E-state index >= 15 is 0 Å². The smallest absolute Gasteiger partial charge is 0.279 e. The number of nitrogens with one attached hydrogen (secondary N) is 3. The van der Waals surface area contributed by atoms with Gasteiger partial charge in [-0.15, -0.1) is 6.42 Å². The van der Waals surface area contributed by atoms with E-state index in [0.717, 1.165) is 13.1 Å². The lowest BCUT2D eigenvalue weighted by Crippen LogP contribution is -3.15. The maximum absolute atomic E-state index is 12.5. The van der Waals surface area contributed by atoms with Crippen molar-refractivity contribution in [2.24, 2.45) is 0 Å². The summed E-state index contributed by atoms with van der Waals surface area (Å²) in [4.78, 5) is 26.0. The second-order valence-electron chi connectivity index (χ2n) is 6.31. The molecule has 27 heavy (non-hydrogen) atoms. The summed E-state index contributed by atoms with van der Waals surface area (Å²) >= 11 is 0. The number of quaternary nitrogens is 1. The summed E-state index contributed by atoms with van der Waals surface area (Å²) < 4.78 is 5.31. The predicted molar refractivity (Wildman–Crippen MR) is 104 cm³/mol. The maximum Gasteiger partial charge on any atom is 0.279 e. The molecular weight excluding hydrogens is 342 g/mol. The fourth-order valence-corrected chi connectivity index (χ4v) is 2.87. The molecule has 3 N–H and O–H groups in total. The molecule has 0 aliphatic carbocycles. The first-order chi connectivity index (χ1) is 13.2. The van der Waals surface area contributed by atoms with Crippen LogP contribution in [0.2, 0.25) is 0 Å². The van der Waals surface area contributed by atoms with Gasteiger partial charge in [-0.05, 0) is 36.4 Å². The first kappa shape index (κ1) is 18.6. The van der Waals surface area contributed by atoms with Crippen molar-refractivity contribution in [2.45, 2.75) is 0 Å². The van der Waals surface area contributed by atoms with Gasteiger partial charge >= 0.3 is 0 Å². The van der Waals surface area contributed by atoms with Crippen molar-refractivity contribution in [3.05, 3.63) is 59.7 Å². The molecule has 0 bridgehead atoms. The van der Waals surface area contributed by atoms with Gasteiger partial charge in [-0.2, -0.15) is 0 Å². The molecule has 1 fully saturated rings. The van der Waals surface area contributed by atoms with Crippen molar-refractivity contribution in [2.75, 3.05) is 43.5 Å². The summed E-state index contributed by atoms with van der Waals surface area (Å²) in [7, 11) is 0. The molecule has 0 atom stereocenters. The molecule has 1 aliphatic heterocycles. The molecule has 2 aromatic carbocycles. The van der Waals surface area contributed by atoms with Crippen LogP contribution in [0.4, 0.5) is 11.4 Å². The lowest BCUT2D eigenvalue weighted by atomic mass is 10.1. The molecule has 6 nitrogen and oxygen atoms in total. The Morgan fingerprint density at radius 3 is 2.26 bits per heavy atom. The largest absolute Gasteiger partial charge is 0.370 e. The van der Waals surface area contributed by atoms with Gasteiger partial charge in [-0.1, -0.05) is 18.1 Å². The zero-order chi connectivity index (χ0) is 19.1. The molecule has 6 heteroatoms. The highest BCUT2D eigenvalue weighted by atomic mass is 16.5. The van der Waals surface area contributed by atoms with Crippen LogP contribution >= 0.6 is 0 Å². The summed E-state index contributed by atoms with van der Waals surface area (Å²) in [6.45, 7) is 3.36. The molecule has 2 amide bonds. The van der Waals surface area contributed by atoms with E-state index < -0.39 is 0 Å². The highest BCUT2D eigenvalue weighted by Gasteiger charge is 2.18. The number of ether oxygens (including phenoxy) is 1.